The van der Waals surface area contributed by atoms with E-state index >= 15 is 0 Å². The lowest BCUT2D eigenvalue weighted by atomic mass is 10.0. The van der Waals surface area contributed by atoms with Crippen LogP contribution in [0.15, 0.2) is 21.5 Å². The molecule has 7 heteroatoms. The normalized spacial score (nSPS) is 11.9. The molecule has 0 saturated heterocycles. The van der Waals surface area contributed by atoms with Crippen LogP contribution in [0.25, 0.3) is 0 Å². The van der Waals surface area contributed by atoms with Crippen LogP contribution in [0.5, 0.6) is 0 Å². The summed E-state index contributed by atoms with van der Waals surface area (Å²) in [5.74, 6) is 0.263. The van der Waals surface area contributed by atoms with E-state index in [-0.39, 0.29) is 29.9 Å². The first-order valence-electron chi connectivity index (χ1n) is 6.22. The molecule has 0 aromatic carbocycles. The number of nitrogens with one attached hydrogen (secondary N) is 1. The molecule has 1 unspecified atom stereocenters. The van der Waals surface area contributed by atoms with Gasteiger partial charge in [-0.1, -0.05) is 13.8 Å². The zero-order valence-electron chi connectivity index (χ0n) is 11.9. The van der Waals surface area contributed by atoms with Gasteiger partial charge in [0.25, 0.3) is 11.5 Å². The molecule has 0 saturated carbocycles. The fraction of sp³-hybridized carbons (Fsp3) is 0.538. The van der Waals surface area contributed by atoms with Crippen LogP contribution in [-0.4, -0.2) is 35.4 Å². The average molecular weight is 367 g/mol. The van der Waals surface area contributed by atoms with Crippen molar-refractivity contribution in [3.63, 3.8) is 0 Å². The van der Waals surface area contributed by atoms with E-state index in [0.717, 1.165) is 6.42 Å². The molecule has 0 spiro atoms. The summed E-state index contributed by atoms with van der Waals surface area (Å²) in [7, 11) is 1.73. The van der Waals surface area contributed by atoms with E-state index in [4.69, 9.17) is 5.73 Å². The van der Waals surface area contributed by atoms with E-state index in [1.54, 1.807) is 11.9 Å². The second-order valence-electron chi connectivity index (χ2n) is 4.99. The Labute approximate surface area is 133 Å². The topological polar surface area (TPSA) is 79.2 Å². The van der Waals surface area contributed by atoms with Crippen molar-refractivity contribution >= 4 is 34.2 Å². The predicted octanol–water partition coefficient (Wildman–Crippen LogP) is 2.00. The van der Waals surface area contributed by atoms with Crippen molar-refractivity contribution in [1.82, 2.24) is 9.88 Å². The maximum absolute atomic E-state index is 12.1. The summed E-state index contributed by atoms with van der Waals surface area (Å²) in [4.78, 5) is 27.5. The Kier molecular flexibility index (Phi) is 8.08. The lowest BCUT2D eigenvalue weighted by Crippen LogP contribution is -2.34. The lowest BCUT2D eigenvalue weighted by Gasteiger charge is -2.21. The third-order valence-corrected chi connectivity index (χ3v) is 3.69. The van der Waals surface area contributed by atoms with Gasteiger partial charge in [-0.3, -0.25) is 9.59 Å². The van der Waals surface area contributed by atoms with Crippen LogP contribution < -0.4 is 11.3 Å². The zero-order valence-corrected chi connectivity index (χ0v) is 14.3. The van der Waals surface area contributed by atoms with Gasteiger partial charge in [0.2, 0.25) is 0 Å². The van der Waals surface area contributed by atoms with Gasteiger partial charge in [-0.2, -0.15) is 0 Å². The van der Waals surface area contributed by atoms with Crippen molar-refractivity contribution in [1.29, 1.82) is 0 Å². The molecule has 0 aliphatic carbocycles. The monoisotopic (exact) mass is 365 g/mol. The molecule has 20 heavy (non-hydrogen) atoms. The van der Waals surface area contributed by atoms with Crippen molar-refractivity contribution in [2.45, 2.75) is 26.3 Å². The summed E-state index contributed by atoms with van der Waals surface area (Å²) in [6.07, 6.45) is 2.18. The molecular formula is C13H21BrClN3O2. The van der Waals surface area contributed by atoms with Crippen LogP contribution in [0.3, 0.4) is 0 Å². The highest BCUT2D eigenvalue weighted by Gasteiger charge is 2.15. The number of carbonyl (C=O) groups is 1. The highest BCUT2D eigenvalue weighted by Crippen LogP contribution is 2.09. The van der Waals surface area contributed by atoms with Gasteiger partial charge in [0.1, 0.15) is 0 Å². The standard InChI is InChI=1S/C13H20BrN3O2.ClH/c1-8(2)11(15)4-5-17(3)13(19)9-6-10(14)12(18)16-7-9;/h6-8,11H,4-5,15H2,1-3H3,(H,16,18);1H. The second kappa shape index (κ2) is 8.44. The fourth-order valence-electron chi connectivity index (χ4n) is 1.58. The van der Waals surface area contributed by atoms with Crippen LogP contribution in [-0.2, 0) is 0 Å². The van der Waals surface area contributed by atoms with Crippen LogP contribution >= 0.6 is 28.3 Å². The van der Waals surface area contributed by atoms with E-state index in [2.05, 4.69) is 34.8 Å². The molecule has 1 aromatic rings. The average Bonchev–Trinajstić information content (AvgIpc) is 2.37. The number of aromatic amines is 1. The number of hydrogen-bond donors (Lipinski definition) is 2. The molecule has 0 bridgehead atoms. The molecule has 0 radical (unpaired) electrons. The number of amides is 1. The van der Waals surface area contributed by atoms with Crippen LogP contribution in [0, 0.1) is 5.92 Å². The van der Waals surface area contributed by atoms with E-state index in [9.17, 15) is 9.59 Å². The van der Waals surface area contributed by atoms with Crippen molar-refractivity contribution < 1.29 is 4.79 Å². The zero-order chi connectivity index (χ0) is 14.6. The van der Waals surface area contributed by atoms with Crippen molar-refractivity contribution in [3.05, 3.63) is 32.7 Å². The molecule has 1 atom stereocenters. The third kappa shape index (κ3) is 5.26. The SMILES string of the molecule is CC(C)C(N)CCN(C)C(=O)c1c[nH]c(=O)c(Br)c1.Cl. The Bertz CT molecular complexity index is 505. The summed E-state index contributed by atoms with van der Waals surface area (Å²) in [5.41, 5.74) is 6.16. The van der Waals surface area contributed by atoms with Gasteiger partial charge in [0.15, 0.2) is 0 Å². The third-order valence-electron chi connectivity index (χ3n) is 3.11. The predicted molar refractivity (Wildman–Crippen MR) is 86.4 cm³/mol. The number of hydrogen-bond acceptors (Lipinski definition) is 3. The fourth-order valence-corrected chi connectivity index (χ4v) is 1.94. The molecule has 0 aliphatic heterocycles. The summed E-state index contributed by atoms with van der Waals surface area (Å²) in [5, 5.41) is 0. The maximum Gasteiger partial charge on any atom is 0.262 e. The summed E-state index contributed by atoms with van der Waals surface area (Å²) in [6, 6.07) is 1.61. The van der Waals surface area contributed by atoms with Gasteiger partial charge in [-0.25, -0.2) is 0 Å². The Morgan fingerprint density at radius 2 is 2.10 bits per heavy atom. The summed E-state index contributed by atoms with van der Waals surface area (Å²) >= 11 is 3.11. The minimum absolute atomic E-state index is 0. The van der Waals surface area contributed by atoms with E-state index in [0.29, 0.717) is 22.5 Å². The Hall–Kier alpha value is -0.850. The second-order valence-corrected chi connectivity index (χ2v) is 5.84. The first-order chi connectivity index (χ1) is 8.82. The lowest BCUT2D eigenvalue weighted by molar-refractivity contribution is 0.0788. The molecule has 1 heterocycles. The molecule has 5 nitrogen and oxygen atoms in total. The van der Waals surface area contributed by atoms with Crippen LogP contribution in [0.2, 0.25) is 0 Å². The Balaban J connectivity index is 0.00000361. The van der Waals surface area contributed by atoms with Gasteiger partial charge >= 0.3 is 0 Å². The first kappa shape index (κ1) is 19.1. The number of nitrogens with two attached hydrogens (primary N) is 1. The Morgan fingerprint density at radius 1 is 1.50 bits per heavy atom. The number of H-pyrrole nitrogens is 1. The van der Waals surface area contributed by atoms with Gasteiger partial charge in [0.05, 0.1) is 10.0 Å². The molecule has 114 valence electrons. The smallest absolute Gasteiger partial charge is 0.262 e. The van der Waals surface area contributed by atoms with Gasteiger partial charge in [-0.05, 0) is 34.3 Å². The van der Waals surface area contributed by atoms with E-state index in [1.807, 2.05) is 0 Å². The first-order valence-corrected chi connectivity index (χ1v) is 7.01. The molecule has 1 aromatic heterocycles. The van der Waals surface area contributed by atoms with Crippen LogP contribution in [0.4, 0.5) is 0 Å². The molecule has 0 aliphatic rings. The Morgan fingerprint density at radius 3 is 2.60 bits per heavy atom. The number of aromatic nitrogens is 1. The number of carbonyl (C=O) groups excluding carboxylic acids is 1. The quantitative estimate of drug-likeness (QED) is 0.836. The number of pyridine rings is 1. The summed E-state index contributed by atoms with van der Waals surface area (Å²) in [6.45, 7) is 4.71. The van der Waals surface area contributed by atoms with Gasteiger partial charge in [0, 0.05) is 25.8 Å². The van der Waals surface area contributed by atoms with Crippen molar-refractivity contribution in [3.8, 4) is 0 Å². The maximum atomic E-state index is 12.1. The number of halogens is 2. The number of rotatable bonds is 5. The van der Waals surface area contributed by atoms with Crippen molar-refractivity contribution in [2.75, 3.05) is 13.6 Å². The molecule has 3 N–H and O–H groups in total. The van der Waals surface area contributed by atoms with Gasteiger partial charge < -0.3 is 15.6 Å². The van der Waals surface area contributed by atoms with E-state index < -0.39 is 0 Å². The minimum Gasteiger partial charge on any atom is -0.342 e. The highest BCUT2D eigenvalue weighted by molar-refractivity contribution is 9.10. The molecule has 1 rings (SSSR count). The van der Waals surface area contributed by atoms with Gasteiger partial charge in [-0.15, -0.1) is 12.4 Å². The molecule has 1 amide bonds. The number of nitrogens with zero attached hydrogens (tertiary/aromatic N) is 1. The minimum atomic E-state index is -0.249. The highest BCUT2D eigenvalue weighted by atomic mass is 79.9. The molecule has 0 fully saturated rings. The van der Waals surface area contributed by atoms with Crippen molar-refractivity contribution in [2.24, 2.45) is 11.7 Å². The largest absolute Gasteiger partial charge is 0.342 e. The van der Waals surface area contributed by atoms with E-state index in [1.165, 1.54) is 12.3 Å². The molecular weight excluding hydrogens is 346 g/mol. The summed E-state index contributed by atoms with van der Waals surface area (Å²) < 4.78 is 0.352. The van der Waals surface area contributed by atoms with Crippen LogP contribution in [0.1, 0.15) is 30.6 Å².